The fraction of sp³-hybridized carbons (Fsp3) is 0.900. The molecule has 1 rings (SSSR count). The van der Waals surface area contributed by atoms with Crippen LogP contribution in [0.2, 0.25) is 0 Å². The van der Waals surface area contributed by atoms with Gasteiger partial charge in [-0.1, -0.05) is 13.8 Å². The second-order valence-electron chi connectivity index (χ2n) is 3.85. The van der Waals surface area contributed by atoms with Gasteiger partial charge in [0.05, 0.1) is 5.60 Å². The smallest absolute Gasteiger partial charge is 0.222 e. The molecule has 76 valence electrons. The minimum Gasteiger partial charge on any atom is -0.388 e. The number of β-amino-alcohol motifs (C(OH)–C–C–N with tert-alkyl or cyclic N) is 1. The summed E-state index contributed by atoms with van der Waals surface area (Å²) in [5, 5.41) is 10.0. The van der Waals surface area contributed by atoms with Gasteiger partial charge in [-0.3, -0.25) is 4.79 Å². The van der Waals surface area contributed by atoms with Crippen LogP contribution in [0.15, 0.2) is 0 Å². The van der Waals surface area contributed by atoms with Crippen LogP contribution < -0.4 is 0 Å². The summed E-state index contributed by atoms with van der Waals surface area (Å²) in [4.78, 5) is 13.1. The summed E-state index contributed by atoms with van der Waals surface area (Å²) in [5.41, 5.74) is -0.667. The molecule has 0 saturated carbocycles. The number of carbonyl (C=O) groups is 1. The summed E-state index contributed by atoms with van der Waals surface area (Å²) in [6.45, 7) is 5.26. The molecule has 0 spiro atoms. The molecule has 3 nitrogen and oxygen atoms in total. The highest BCUT2D eigenvalue weighted by molar-refractivity contribution is 5.78. The van der Waals surface area contributed by atoms with Gasteiger partial charge in [0.1, 0.15) is 0 Å². The van der Waals surface area contributed by atoms with Crippen LogP contribution in [0.5, 0.6) is 0 Å². The van der Waals surface area contributed by atoms with Crippen molar-refractivity contribution in [1.82, 2.24) is 4.90 Å². The highest BCUT2D eigenvalue weighted by atomic mass is 16.3. The molecule has 0 bridgehead atoms. The molecule has 0 aromatic heterocycles. The van der Waals surface area contributed by atoms with E-state index in [1.165, 1.54) is 0 Å². The van der Waals surface area contributed by atoms with Crippen molar-refractivity contribution >= 4 is 5.91 Å². The highest BCUT2D eigenvalue weighted by Crippen LogP contribution is 2.20. The molecule has 1 heterocycles. The average molecular weight is 185 g/mol. The Hall–Kier alpha value is -0.570. The van der Waals surface area contributed by atoms with Crippen LogP contribution in [0.3, 0.4) is 0 Å². The van der Waals surface area contributed by atoms with Gasteiger partial charge < -0.3 is 10.0 Å². The van der Waals surface area contributed by atoms with E-state index in [1.807, 2.05) is 13.8 Å². The summed E-state index contributed by atoms with van der Waals surface area (Å²) in [7, 11) is 0. The van der Waals surface area contributed by atoms with Crippen molar-refractivity contribution in [1.29, 1.82) is 0 Å². The lowest BCUT2D eigenvalue weighted by Crippen LogP contribution is -2.42. The van der Waals surface area contributed by atoms with Crippen LogP contribution in [0.25, 0.3) is 0 Å². The standard InChI is InChI=1S/C10H19NO2/c1-3-10(13,4-2)8-11-7-5-6-9(11)12/h13H,3-8H2,1-2H3. The molecule has 3 heteroatoms. The van der Waals surface area contributed by atoms with Crippen LogP contribution >= 0.6 is 0 Å². The monoisotopic (exact) mass is 185 g/mol. The lowest BCUT2D eigenvalue weighted by Gasteiger charge is -2.30. The zero-order valence-corrected chi connectivity index (χ0v) is 8.55. The molecule has 1 aliphatic rings. The second kappa shape index (κ2) is 4.09. The summed E-state index contributed by atoms with van der Waals surface area (Å²) >= 11 is 0. The maximum Gasteiger partial charge on any atom is 0.222 e. The van der Waals surface area contributed by atoms with Crippen LogP contribution in [-0.4, -0.2) is 34.6 Å². The van der Waals surface area contributed by atoms with E-state index in [4.69, 9.17) is 0 Å². The summed E-state index contributed by atoms with van der Waals surface area (Å²) in [5.74, 6) is 0.195. The number of hydrogen-bond acceptors (Lipinski definition) is 2. The molecule has 0 atom stereocenters. The molecule has 1 N–H and O–H groups in total. The minimum absolute atomic E-state index is 0.195. The third kappa shape index (κ3) is 2.44. The fourth-order valence-electron chi connectivity index (χ4n) is 1.70. The van der Waals surface area contributed by atoms with E-state index in [1.54, 1.807) is 4.90 Å². The van der Waals surface area contributed by atoms with E-state index >= 15 is 0 Å². The van der Waals surface area contributed by atoms with Crippen LogP contribution in [0.4, 0.5) is 0 Å². The lowest BCUT2D eigenvalue weighted by atomic mass is 9.97. The fourth-order valence-corrected chi connectivity index (χ4v) is 1.70. The molecular weight excluding hydrogens is 166 g/mol. The van der Waals surface area contributed by atoms with Crippen LogP contribution in [0.1, 0.15) is 39.5 Å². The topological polar surface area (TPSA) is 40.5 Å². The molecular formula is C10H19NO2. The van der Waals surface area contributed by atoms with Gasteiger partial charge in [-0.15, -0.1) is 0 Å². The first kappa shape index (κ1) is 10.5. The van der Waals surface area contributed by atoms with Gasteiger partial charge in [-0.05, 0) is 19.3 Å². The predicted octanol–water partition coefficient (Wildman–Crippen LogP) is 1.16. The quantitative estimate of drug-likeness (QED) is 0.714. The zero-order chi connectivity index (χ0) is 9.90. The lowest BCUT2D eigenvalue weighted by molar-refractivity contribution is -0.131. The Morgan fingerprint density at radius 3 is 2.46 bits per heavy atom. The first-order valence-corrected chi connectivity index (χ1v) is 5.11. The molecule has 1 saturated heterocycles. The zero-order valence-electron chi connectivity index (χ0n) is 8.55. The molecule has 0 aromatic carbocycles. The van der Waals surface area contributed by atoms with E-state index in [9.17, 15) is 9.90 Å². The largest absolute Gasteiger partial charge is 0.388 e. The molecule has 13 heavy (non-hydrogen) atoms. The summed E-state index contributed by atoms with van der Waals surface area (Å²) < 4.78 is 0. The van der Waals surface area contributed by atoms with E-state index in [0.717, 1.165) is 13.0 Å². The molecule has 1 amide bonds. The molecule has 0 aliphatic carbocycles. The Morgan fingerprint density at radius 1 is 1.46 bits per heavy atom. The number of nitrogens with zero attached hydrogens (tertiary/aromatic N) is 1. The third-order valence-electron chi connectivity index (χ3n) is 2.97. The Morgan fingerprint density at radius 2 is 2.08 bits per heavy atom. The maximum absolute atomic E-state index is 11.3. The number of aliphatic hydroxyl groups is 1. The second-order valence-corrected chi connectivity index (χ2v) is 3.85. The van der Waals surface area contributed by atoms with Gasteiger partial charge in [-0.2, -0.15) is 0 Å². The van der Waals surface area contributed by atoms with Gasteiger partial charge in [0.25, 0.3) is 0 Å². The molecule has 0 unspecified atom stereocenters. The van der Waals surface area contributed by atoms with Gasteiger partial charge in [0.15, 0.2) is 0 Å². The number of likely N-dealkylation sites (tertiary alicyclic amines) is 1. The van der Waals surface area contributed by atoms with Crippen molar-refractivity contribution < 1.29 is 9.90 Å². The Bertz CT molecular complexity index is 187. The average Bonchev–Trinajstić information content (AvgIpc) is 2.52. The molecule has 0 radical (unpaired) electrons. The Kier molecular flexibility index (Phi) is 3.31. The molecule has 1 fully saturated rings. The number of hydrogen-bond donors (Lipinski definition) is 1. The number of amides is 1. The van der Waals surface area contributed by atoms with Gasteiger partial charge >= 0.3 is 0 Å². The van der Waals surface area contributed by atoms with Gasteiger partial charge in [0.2, 0.25) is 5.91 Å². The SMILES string of the molecule is CCC(O)(CC)CN1CCCC1=O. The van der Waals surface area contributed by atoms with E-state index < -0.39 is 5.60 Å². The first-order valence-electron chi connectivity index (χ1n) is 5.11. The van der Waals surface area contributed by atoms with Crippen molar-refractivity contribution in [2.45, 2.75) is 45.1 Å². The maximum atomic E-state index is 11.3. The van der Waals surface area contributed by atoms with Crippen molar-refractivity contribution in [3.8, 4) is 0 Å². The number of rotatable bonds is 4. The van der Waals surface area contributed by atoms with Crippen molar-refractivity contribution in [2.75, 3.05) is 13.1 Å². The first-order chi connectivity index (χ1) is 6.11. The van der Waals surface area contributed by atoms with Gasteiger partial charge in [-0.25, -0.2) is 0 Å². The highest BCUT2D eigenvalue weighted by Gasteiger charge is 2.30. The van der Waals surface area contributed by atoms with Crippen molar-refractivity contribution in [2.24, 2.45) is 0 Å². The molecule has 1 aliphatic heterocycles. The van der Waals surface area contributed by atoms with E-state index in [0.29, 0.717) is 25.8 Å². The third-order valence-corrected chi connectivity index (χ3v) is 2.97. The van der Waals surface area contributed by atoms with E-state index in [2.05, 4.69) is 0 Å². The van der Waals surface area contributed by atoms with Gasteiger partial charge in [0, 0.05) is 19.5 Å². The van der Waals surface area contributed by atoms with Crippen molar-refractivity contribution in [3.63, 3.8) is 0 Å². The van der Waals surface area contributed by atoms with Crippen LogP contribution in [0, 0.1) is 0 Å². The normalized spacial score (nSPS) is 18.4. The number of carbonyl (C=O) groups excluding carboxylic acids is 1. The Balaban J connectivity index is 2.50. The Labute approximate surface area is 79.7 Å². The summed E-state index contributed by atoms with van der Waals surface area (Å²) in [6.07, 6.45) is 3.03. The van der Waals surface area contributed by atoms with Crippen molar-refractivity contribution in [3.05, 3.63) is 0 Å². The molecule has 0 aromatic rings. The predicted molar refractivity (Wildman–Crippen MR) is 51.3 cm³/mol. The van der Waals surface area contributed by atoms with Crippen LogP contribution in [-0.2, 0) is 4.79 Å². The van der Waals surface area contributed by atoms with E-state index in [-0.39, 0.29) is 5.91 Å². The minimum atomic E-state index is -0.667. The summed E-state index contributed by atoms with van der Waals surface area (Å²) in [6, 6.07) is 0.